The zero-order chi connectivity index (χ0) is 17.6. The lowest BCUT2D eigenvalue weighted by molar-refractivity contribution is 0.386. The highest BCUT2D eigenvalue weighted by molar-refractivity contribution is 5.80. The third-order valence-electron chi connectivity index (χ3n) is 3.76. The molecule has 0 aliphatic rings. The highest BCUT2D eigenvalue weighted by atomic mass is 19.1. The van der Waals surface area contributed by atoms with E-state index in [1.807, 2.05) is 30.3 Å². The van der Waals surface area contributed by atoms with Crippen LogP contribution in [0.25, 0.3) is 11.6 Å². The molecule has 0 saturated carbocycles. The van der Waals surface area contributed by atoms with Gasteiger partial charge < -0.3 is 9.72 Å². The number of hydrogen-bond donors (Lipinski definition) is 1. The first-order valence-electron chi connectivity index (χ1n) is 7.80. The minimum Gasteiger partial charge on any atom is -0.494 e. The Hall–Kier alpha value is -3.21. The summed E-state index contributed by atoms with van der Waals surface area (Å²) in [5, 5.41) is 0. The second-order valence-corrected chi connectivity index (χ2v) is 5.48. The van der Waals surface area contributed by atoms with Gasteiger partial charge in [-0.05, 0) is 23.3 Å². The van der Waals surface area contributed by atoms with Gasteiger partial charge in [-0.25, -0.2) is 9.37 Å². The summed E-state index contributed by atoms with van der Waals surface area (Å²) in [7, 11) is 1.42. The van der Waals surface area contributed by atoms with Crippen LogP contribution in [0.4, 0.5) is 4.39 Å². The molecule has 0 spiro atoms. The Balaban J connectivity index is 2.09. The smallest absolute Gasteiger partial charge is 0.251 e. The van der Waals surface area contributed by atoms with Crippen molar-refractivity contribution in [3.63, 3.8) is 0 Å². The molecule has 0 bridgehead atoms. The first-order valence-corrected chi connectivity index (χ1v) is 7.80. The van der Waals surface area contributed by atoms with E-state index in [-0.39, 0.29) is 11.3 Å². The molecule has 0 aliphatic heterocycles. The van der Waals surface area contributed by atoms with Crippen LogP contribution >= 0.6 is 0 Å². The summed E-state index contributed by atoms with van der Waals surface area (Å²) in [6, 6.07) is 16.0. The predicted octanol–water partition coefficient (Wildman–Crippen LogP) is 3.70. The second-order valence-electron chi connectivity index (χ2n) is 5.48. The molecule has 0 radical (unpaired) electrons. The van der Waals surface area contributed by atoms with Crippen LogP contribution in [0, 0.1) is 5.82 Å². The van der Waals surface area contributed by atoms with E-state index in [9.17, 15) is 9.18 Å². The molecule has 4 nitrogen and oxygen atoms in total. The van der Waals surface area contributed by atoms with Crippen molar-refractivity contribution in [2.75, 3.05) is 7.11 Å². The molecule has 0 aliphatic carbocycles. The minimum atomic E-state index is -0.450. The molecule has 1 heterocycles. The fraction of sp³-hybridized carbons (Fsp3) is 0.100. The molecule has 0 unspecified atom stereocenters. The molecule has 0 amide bonds. The SMILES string of the molecule is COc1cccc(/C=C(/Cc2ccccc2)c2nccc(=O)[nH]2)c1F. The lowest BCUT2D eigenvalue weighted by Gasteiger charge is -2.09. The van der Waals surface area contributed by atoms with Crippen molar-refractivity contribution in [2.24, 2.45) is 0 Å². The lowest BCUT2D eigenvalue weighted by atomic mass is 10.0. The Morgan fingerprint density at radius 3 is 2.68 bits per heavy atom. The third-order valence-corrected chi connectivity index (χ3v) is 3.76. The average molecular weight is 336 g/mol. The van der Waals surface area contributed by atoms with Crippen LogP contribution in [0.2, 0.25) is 0 Å². The molecule has 0 fully saturated rings. The number of benzene rings is 2. The van der Waals surface area contributed by atoms with Crippen LogP contribution in [0.3, 0.4) is 0 Å². The molecule has 126 valence electrons. The Morgan fingerprint density at radius 1 is 1.16 bits per heavy atom. The number of hydrogen-bond acceptors (Lipinski definition) is 3. The number of halogens is 1. The molecule has 25 heavy (non-hydrogen) atoms. The van der Waals surface area contributed by atoms with Crippen LogP contribution in [0.5, 0.6) is 5.75 Å². The number of aromatic amines is 1. The van der Waals surface area contributed by atoms with E-state index < -0.39 is 5.82 Å². The van der Waals surface area contributed by atoms with Crippen LogP contribution in [-0.2, 0) is 6.42 Å². The Morgan fingerprint density at radius 2 is 1.96 bits per heavy atom. The van der Waals surface area contributed by atoms with Crippen LogP contribution in [-0.4, -0.2) is 17.1 Å². The van der Waals surface area contributed by atoms with E-state index in [2.05, 4.69) is 9.97 Å². The number of nitrogens with zero attached hydrogens (tertiary/aromatic N) is 1. The molecule has 3 aromatic rings. The van der Waals surface area contributed by atoms with Crippen LogP contribution in [0.1, 0.15) is 17.0 Å². The summed E-state index contributed by atoms with van der Waals surface area (Å²) in [6.07, 6.45) is 3.63. The van der Waals surface area contributed by atoms with Crippen molar-refractivity contribution in [3.8, 4) is 5.75 Å². The summed E-state index contributed by atoms with van der Waals surface area (Å²) in [5.41, 5.74) is 1.85. The van der Waals surface area contributed by atoms with Crippen molar-refractivity contribution >= 4 is 11.6 Å². The highest BCUT2D eigenvalue weighted by Crippen LogP contribution is 2.25. The van der Waals surface area contributed by atoms with Gasteiger partial charge in [0, 0.05) is 24.2 Å². The van der Waals surface area contributed by atoms with E-state index in [0.29, 0.717) is 23.4 Å². The molecule has 2 aromatic carbocycles. The van der Waals surface area contributed by atoms with Crippen LogP contribution in [0.15, 0.2) is 65.6 Å². The van der Waals surface area contributed by atoms with E-state index in [0.717, 1.165) is 5.56 Å². The maximum Gasteiger partial charge on any atom is 0.251 e. The quantitative estimate of drug-likeness (QED) is 0.773. The first kappa shape index (κ1) is 16.6. The monoisotopic (exact) mass is 336 g/mol. The van der Waals surface area contributed by atoms with Crippen molar-refractivity contribution in [1.82, 2.24) is 9.97 Å². The summed E-state index contributed by atoms with van der Waals surface area (Å²) >= 11 is 0. The van der Waals surface area contributed by atoms with Gasteiger partial charge in [0.05, 0.1) is 7.11 Å². The molecule has 1 N–H and O–H groups in total. The van der Waals surface area contributed by atoms with Gasteiger partial charge in [0.1, 0.15) is 5.82 Å². The molecule has 3 rings (SSSR count). The van der Waals surface area contributed by atoms with Crippen LogP contribution < -0.4 is 10.3 Å². The molecular formula is C20H17FN2O2. The number of aromatic nitrogens is 2. The number of H-pyrrole nitrogens is 1. The number of rotatable bonds is 5. The second kappa shape index (κ2) is 7.57. The summed E-state index contributed by atoms with van der Waals surface area (Å²) in [6.45, 7) is 0. The Bertz CT molecular complexity index is 949. The van der Waals surface area contributed by atoms with E-state index in [1.54, 1.807) is 24.3 Å². The van der Waals surface area contributed by atoms with Gasteiger partial charge in [0.15, 0.2) is 11.6 Å². The number of ether oxygens (including phenoxy) is 1. The Kier molecular flexibility index (Phi) is 5.04. The number of nitrogens with one attached hydrogen (secondary N) is 1. The van der Waals surface area contributed by atoms with Gasteiger partial charge in [0.25, 0.3) is 5.56 Å². The third kappa shape index (κ3) is 4.01. The lowest BCUT2D eigenvalue weighted by Crippen LogP contribution is -2.09. The topological polar surface area (TPSA) is 55.0 Å². The van der Waals surface area contributed by atoms with Gasteiger partial charge >= 0.3 is 0 Å². The van der Waals surface area contributed by atoms with Crippen molar-refractivity contribution in [1.29, 1.82) is 0 Å². The minimum absolute atomic E-state index is 0.169. The fourth-order valence-electron chi connectivity index (χ4n) is 2.54. The molecule has 5 heteroatoms. The highest BCUT2D eigenvalue weighted by Gasteiger charge is 2.11. The summed E-state index contributed by atoms with van der Waals surface area (Å²) in [5.74, 6) is 0.134. The van der Waals surface area contributed by atoms with E-state index in [4.69, 9.17) is 4.74 Å². The van der Waals surface area contributed by atoms with Gasteiger partial charge in [-0.3, -0.25) is 4.79 Å². The van der Waals surface area contributed by atoms with E-state index >= 15 is 0 Å². The zero-order valence-corrected chi connectivity index (χ0v) is 13.7. The fourth-order valence-corrected chi connectivity index (χ4v) is 2.54. The van der Waals surface area contributed by atoms with Gasteiger partial charge in [0.2, 0.25) is 0 Å². The van der Waals surface area contributed by atoms with Crippen molar-refractivity contribution in [2.45, 2.75) is 6.42 Å². The average Bonchev–Trinajstić information content (AvgIpc) is 2.63. The summed E-state index contributed by atoms with van der Waals surface area (Å²) < 4.78 is 19.5. The normalized spacial score (nSPS) is 11.4. The maximum atomic E-state index is 14.5. The molecule has 0 atom stereocenters. The van der Waals surface area contributed by atoms with Crippen molar-refractivity contribution in [3.05, 3.63) is 93.9 Å². The predicted molar refractivity (Wildman–Crippen MR) is 95.8 cm³/mol. The largest absolute Gasteiger partial charge is 0.494 e. The zero-order valence-electron chi connectivity index (χ0n) is 13.7. The number of allylic oxidation sites excluding steroid dienone is 1. The first-order chi connectivity index (χ1) is 12.2. The molecule has 0 saturated heterocycles. The standard InChI is InChI=1S/C20H17FN2O2/c1-25-17-9-5-8-15(19(17)21)13-16(12-14-6-3-2-4-7-14)20-22-11-10-18(24)23-20/h2-11,13H,12H2,1H3,(H,22,23,24)/b16-13-. The van der Waals surface area contributed by atoms with Gasteiger partial charge in [-0.2, -0.15) is 0 Å². The van der Waals surface area contributed by atoms with Gasteiger partial charge in [-0.15, -0.1) is 0 Å². The number of methoxy groups -OCH3 is 1. The molecular weight excluding hydrogens is 319 g/mol. The van der Waals surface area contributed by atoms with E-state index in [1.165, 1.54) is 19.4 Å². The Labute approximate surface area is 144 Å². The van der Waals surface area contributed by atoms with Crippen molar-refractivity contribution < 1.29 is 9.13 Å². The maximum absolute atomic E-state index is 14.5. The van der Waals surface area contributed by atoms with Gasteiger partial charge in [-0.1, -0.05) is 42.5 Å². The molecule has 1 aromatic heterocycles. The summed E-state index contributed by atoms with van der Waals surface area (Å²) in [4.78, 5) is 18.6.